The summed E-state index contributed by atoms with van der Waals surface area (Å²) in [6, 6.07) is 5.70. The zero-order valence-corrected chi connectivity index (χ0v) is 12.0. The first-order chi connectivity index (χ1) is 10.1. The highest BCUT2D eigenvalue weighted by molar-refractivity contribution is 6.16. The number of nitrogens with zero attached hydrogens (tertiary/aromatic N) is 3. The van der Waals surface area contributed by atoms with Crippen molar-refractivity contribution in [3.05, 3.63) is 59.0 Å². The topological polar surface area (TPSA) is 30.7 Å². The molecule has 0 N–H and O–H groups in total. The number of imidazole rings is 1. The second-order valence-corrected chi connectivity index (χ2v) is 5.06. The van der Waals surface area contributed by atoms with Gasteiger partial charge in [0.1, 0.15) is 11.3 Å². The summed E-state index contributed by atoms with van der Waals surface area (Å²) in [5, 5.41) is 0. The Labute approximate surface area is 125 Å². The predicted octanol–water partition coefficient (Wildman–Crippen LogP) is 3.81. The van der Waals surface area contributed by atoms with Crippen LogP contribution in [-0.2, 0) is 12.4 Å². The van der Waals surface area contributed by atoms with Crippen molar-refractivity contribution in [2.45, 2.75) is 19.3 Å². The van der Waals surface area contributed by atoms with Gasteiger partial charge in [0.2, 0.25) is 0 Å². The molecule has 0 saturated heterocycles. The van der Waals surface area contributed by atoms with Crippen LogP contribution in [0, 0.1) is 18.6 Å². The molecule has 2 aromatic heterocycles. The second-order valence-electron chi connectivity index (χ2n) is 4.80. The lowest BCUT2D eigenvalue weighted by atomic mass is 10.2. The third kappa shape index (κ3) is 2.49. The molecular formula is C15H12ClF2N3. The predicted molar refractivity (Wildman–Crippen MR) is 77.3 cm³/mol. The van der Waals surface area contributed by atoms with Crippen LogP contribution in [0.3, 0.4) is 0 Å². The lowest BCUT2D eigenvalue weighted by Crippen LogP contribution is -2.05. The summed E-state index contributed by atoms with van der Waals surface area (Å²) in [6.45, 7) is 2.28. The molecule has 0 unspecified atom stereocenters. The number of pyridine rings is 1. The molecule has 3 nitrogen and oxygen atoms in total. The molecule has 6 heteroatoms. The van der Waals surface area contributed by atoms with Gasteiger partial charge < -0.3 is 4.57 Å². The van der Waals surface area contributed by atoms with Gasteiger partial charge >= 0.3 is 0 Å². The maximum absolute atomic E-state index is 13.3. The SMILES string of the molecule is Cc1ccnc2c1nc(CCl)n2Cc1ccc(F)c(F)c1. The lowest BCUT2D eigenvalue weighted by Gasteiger charge is -2.07. The first-order valence-electron chi connectivity index (χ1n) is 6.40. The zero-order valence-electron chi connectivity index (χ0n) is 11.3. The fraction of sp³-hybridized carbons (Fsp3) is 0.200. The highest BCUT2D eigenvalue weighted by atomic mass is 35.5. The molecule has 0 radical (unpaired) electrons. The van der Waals surface area contributed by atoms with Crippen molar-refractivity contribution >= 4 is 22.8 Å². The number of aromatic nitrogens is 3. The van der Waals surface area contributed by atoms with Crippen molar-refractivity contribution in [2.75, 3.05) is 0 Å². The summed E-state index contributed by atoms with van der Waals surface area (Å²) >= 11 is 5.93. The number of hydrogen-bond donors (Lipinski definition) is 0. The summed E-state index contributed by atoms with van der Waals surface area (Å²) in [7, 11) is 0. The third-order valence-corrected chi connectivity index (χ3v) is 3.60. The Morgan fingerprint density at radius 3 is 2.71 bits per heavy atom. The van der Waals surface area contributed by atoms with E-state index in [1.165, 1.54) is 12.1 Å². The average Bonchev–Trinajstić information content (AvgIpc) is 2.83. The van der Waals surface area contributed by atoms with Gasteiger partial charge in [-0.25, -0.2) is 18.7 Å². The second kappa shape index (κ2) is 5.41. The number of halogens is 3. The van der Waals surface area contributed by atoms with Gasteiger partial charge in [0.05, 0.1) is 12.4 Å². The lowest BCUT2D eigenvalue weighted by molar-refractivity contribution is 0.506. The molecule has 3 rings (SSSR count). The largest absolute Gasteiger partial charge is 0.307 e. The van der Waals surface area contributed by atoms with Crippen LogP contribution in [0.15, 0.2) is 30.5 Å². The number of benzene rings is 1. The van der Waals surface area contributed by atoms with Gasteiger partial charge in [-0.2, -0.15) is 0 Å². The maximum Gasteiger partial charge on any atom is 0.160 e. The van der Waals surface area contributed by atoms with E-state index in [1.54, 1.807) is 6.20 Å². The highest BCUT2D eigenvalue weighted by Crippen LogP contribution is 2.20. The minimum atomic E-state index is -0.867. The molecule has 0 atom stereocenters. The Morgan fingerprint density at radius 1 is 1.19 bits per heavy atom. The minimum Gasteiger partial charge on any atom is -0.307 e. The van der Waals surface area contributed by atoms with Crippen LogP contribution in [0.5, 0.6) is 0 Å². The molecule has 108 valence electrons. The normalized spacial score (nSPS) is 11.2. The van der Waals surface area contributed by atoms with Crippen molar-refractivity contribution in [1.82, 2.24) is 14.5 Å². The van der Waals surface area contributed by atoms with Gasteiger partial charge in [0.15, 0.2) is 17.3 Å². The van der Waals surface area contributed by atoms with Crippen molar-refractivity contribution in [3.63, 3.8) is 0 Å². The summed E-state index contributed by atoms with van der Waals surface area (Å²) in [5.41, 5.74) is 3.09. The van der Waals surface area contributed by atoms with E-state index in [9.17, 15) is 8.78 Å². The maximum atomic E-state index is 13.3. The van der Waals surface area contributed by atoms with Crippen LogP contribution in [0.2, 0.25) is 0 Å². The van der Waals surface area contributed by atoms with Gasteiger partial charge in [-0.1, -0.05) is 6.07 Å². The minimum absolute atomic E-state index is 0.222. The molecule has 0 aliphatic heterocycles. The number of fused-ring (bicyclic) bond motifs is 1. The molecule has 21 heavy (non-hydrogen) atoms. The van der Waals surface area contributed by atoms with E-state index >= 15 is 0 Å². The van der Waals surface area contributed by atoms with Gasteiger partial charge in [0.25, 0.3) is 0 Å². The van der Waals surface area contributed by atoms with Crippen molar-refractivity contribution in [2.24, 2.45) is 0 Å². The molecule has 0 saturated carbocycles. The van der Waals surface area contributed by atoms with Crippen molar-refractivity contribution in [1.29, 1.82) is 0 Å². The van der Waals surface area contributed by atoms with Crippen molar-refractivity contribution < 1.29 is 8.78 Å². The van der Waals surface area contributed by atoms with Gasteiger partial charge in [-0.3, -0.25) is 0 Å². The monoisotopic (exact) mass is 307 g/mol. The Morgan fingerprint density at radius 2 is 2.00 bits per heavy atom. The average molecular weight is 308 g/mol. The summed E-state index contributed by atoms with van der Waals surface area (Å²) in [6.07, 6.45) is 1.69. The zero-order chi connectivity index (χ0) is 15.0. The molecule has 0 aliphatic carbocycles. The number of aryl methyl sites for hydroxylation is 1. The van der Waals surface area contributed by atoms with E-state index in [1.807, 2.05) is 17.6 Å². The molecular weight excluding hydrogens is 296 g/mol. The first-order valence-corrected chi connectivity index (χ1v) is 6.94. The smallest absolute Gasteiger partial charge is 0.160 e. The fourth-order valence-electron chi connectivity index (χ4n) is 2.27. The summed E-state index contributed by atoms with van der Waals surface area (Å²) in [4.78, 5) is 8.79. The van der Waals surface area contributed by atoms with Crippen LogP contribution >= 0.6 is 11.6 Å². The molecule has 0 amide bonds. The van der Waals surface area contributed by atoms with Crippen LogP contribution in [0.1, 0.15) is 17.0 Å². The molecule has 1 aromatic carbocycles. The number of alkyl halides is 1. The molecule has 0 spiro atoms. The molecule has 0 fully saturated rings. The highest BCUT2D eigenvalue weighted by Gasteiger charge is 2.13. The van der Waals surface area contributed by atoms with E-state index in [4.69, 9.17) is 11.6 Å². The summed E-state index contributed by atoms with van der Waals surface area (Å²) in [5.74, 6) is -0.855. The number of rotatable bonds is 3. The Bertz CT molecular complexity index is 814. The van der Waals surface area contributed by atoms with Gasteiger partial charge in [-0.15, -0.1) is 11.6 Å². The Balaban J connectivity index is 2.10. The Kier molecular flexibility index (Phi) is 3.59. The van der Waals surface area contributed by atoms with Crippen LogP contribution < -0.4 is 0 Å². The first kappa shape index (κ1) is 13.9. The molecule has 3 aromatic rings. The van der Waals surface area contributed by atoms with Gasteiger partial charge in [0, 0.05) is 6.20 Å². The van der Waals surface area contributed by atoms with E-state index in [2.05, 4.69) is 9.97 Å². The van der Waals surface area contributed by atoms with Crippen molar-refractivity contribution in [3.8, 4) is 0 Å². The van der Waals surface area contributed by atoms with Crippen LogP contribution in [-0.4, -0.2) is 14.5 Å². The van der Waals surface area contributed by atoms with E-state index in [-0.39, 0.29) is 5.88 Å². The third-order valence-electron chi connectivity index (χ3n) is 3.36. The quantitative estimate of drug-likeness (QED) is 0.689. The molecule has 2 heterocycles. The van der Waals surface area contributed by atoms with E-state index in [0.29, 0.717) is 23.6 Å². The molecule has 0 aliphatic rings. The number of hydrogen-bond acceptors (Lipinski definition) is 2. The van der Waals surface area contributed by atoms with E-state index < -0.39 is 11.6 Å². The van der Waals surface area contributed by atoms with Crippen LogP contribution in [0.25, 0.3) is 11.2 Å². The molecule has 0 bridgehead atoms. The van der Waals surface area contributed by atoms with Crippen LogP contribution in [0.4, 0.5) is 8.78 Å². The van der Waals surface area contributed by atoms with E-state index in [0.717, 1.165) is 17.1 Å². The standard InChI is InChI=1S/C15H12ClF2N3/c1-9-4-5-19-15-14(9)20-13(7-16)21(15)8-10-2-3-11(17)12(18)6-10/h2-6H,7-8H2,1H3. The van der Waals surface area contributed by atoms with Gasteiger partial charge in [-0.05, 0) is 36.2 Å². The fourth-order valence-corrected chi connectivity index (χ4v) is 2.48. The summed E-state index contributed by atoms with van der Waals surface area (Å²) < 4.78 is 28.1. The Hall–Kier alpha value is -2.01.